The summed E-state index contributed by atoms with van der Waals surface area (Å²) in [4.78, 5) is 1.24. The van der Waals surface area contributed by atoms with Crippen molar-refractivity contribution in [2.75, 3.05) is 13.2 Å². The van der Waals surface area contributed by atoms with Gasteiger partial charge in [0.1, 0.15) is 0 Å². The summed E-state index contributed by atoms with van der Waals surface area (Å²) in [6.45, 7) is 1.60. The van der Waals surface area contributed by atoms with Crippen LogP contribution in [0.3, 0.4) is 0 Å². The van der Waals surface area contributed by atoms with Gasteiger partial charge in [-0.1, -0.05) is 0 Å². The van der Waals surface area contributed by atoms with Crippen molar-refractivity contribution in [2.24, 2.45) is 5.92 Å². The predicted octanol–water partition coefficient (Wildman–Crippen LogP) is 2.84. The molecule has 2 nitrogen and oxygen atoms in total. The molecule has 1 unspecified atom stereocenters. The minimum atomic E-state index is -0.219. The smallest absolute Gasteiger partial charge is 0.0618 e. The van der Waals surface area contributed by atoms with E-state index in [0.29, 0.717) is 5.92 Å². The van der Waals surface area contributed by atoms with Crippen LogP contribution in [0.2, 0.25) is 0 Å². The van der Waals surface area contributed by atoms with Crippen LogP contribution in [0.5, 0.6) is 0 Å². The maximum absolute atomic E-state index is 10.1. The van der Waals surface area contributed by atoms with E-state index in [0.717, 1.165) is 36.9 Å². The van der Waals surface area contributed by atoms with Gasteiger partial charge in [-0.05, 0) is 46.1 Å². The van der Waals surface area contributed by atoms with Gasteiger partial charge in [0.25, 0.3) is 0 Å². The highest BCUT2D eigenvalue weighted by atomic mass is 79.9. The van der Waals surface area contributed by atoms with E-state index >= 15 is 0 Å². The summed E-state index contributed by atoms with van der Waals surface area (Å²) in [6, 6.07) is 2.04. The quantitative estimate of drug-likeness (QED) is 0.928. The van der Waals surface area contributed by atoms with Crippen LogP contribution < -0.4 is 0 Å². The zero-order valence-electron chi connectivity index (χ0n) is 8.49. The van der Waals surface area contributed by atoms with Crippen molar-refractivity contribution in [2.45, 2.75) is 25.4 Å². The van der Waals surface area contributed by atoms with Crippen LogP contribution in [0.25, 0.3) is 0 Å². The zero-order chi connectivity index (χ0) is 10.7. The van der Waals surface area contributed by atoms with E-state index in [-0.39, 0.29) is 6.10 Å². The first kappa shape index (κ1) is 11.6. The number of rotatable bonds is 3. The fraction of sp³-hybridized carbons (Fsp3) is 0.636. The van der Waals surface area contributed by atoms with Crippen molar-refractivity contribution in [1.82, 2.24) is 0 Å². The van der Waals surface area contributed by atoms with Crippen LogP contribution in [-0.4, -0.2) is 24.4 Å². The van der Waals surface area contributed by atoms with Crippen molar-refractivity contribution < 1.29 is 9.84 Å². The van der Waals surface area contributed by atoms with Gasteiger partial charge in [0, 0.05) is 29.0 Å². The van der Waals surface area contributed by atoms with Crippen molar-refractivity contribution in [3.8, 4) is 0 Å². The highest BCUT2D eigenvalue weighted by molar-refractivity contribution is 9.10. The van der Waals surface area contributed by atoms with Gasteiger partial charge in [-0.2, -0.15) is 0 Å². The molecule has 1 aromatic heterocycles. The average molecular weight is 291 g/mol. The van der Waals surface area contributed by atoms with Gasteiger partial charge >= 0.3 is 0 Å². The lowest BCUT2D eigenvalue weighted by Crippen LogP contribution is -2.28. The topological polar surface area (TPSA) is 29.5 Å². The Morgan fingerprint density at radius 3 is 2.87 bits per heavy atom. The van der Waals surface area contributed by atoms with Gasteiger partial charge in [-0.15, -0.1) is 11.3 Å². The second kappa shape index (κ2) is 5.43. The Labute approximate surface area is 102 Å². The lowest BCUT2D eigenvalue weighted by molar-refractivity contribution is 0.00863. The summed E-state index contributed by atoms with van der Waals surface area (Å²) in [5.74, 6) is 0.410. The number of ether oxygens (including phenoxy) is 1. The number of hydrogen-bond acceptors (Lipinski definition) is 3. The Morgan fingerprint density at radius 2 is 2.27 bits per heavy atom. The molecule has 0 aromatic carbocycles. The zero-order valence-corrected chi connectivity index (χ0v) is 10.9. The fourth-order valence-electron chi connectivity index (χ4n) is 1.93. The first-order valence-corrected chi connectivity index (χ1v) is 6.92. The van der Waals surface area contributed by atoms with E-state index in [9.17, 15) is 5.11 Å². The molecule has 1 fully saturated rings. The summed E-state index contributed by atoms with van der Waals surface area (Å²) < 4.78 is 6.41. The largest absolute Gasteiger partial charge is 0.392 e. The Balaban J connectivity index is 1.91. The number of halogens is 1. The first-order valence-electron chi connectivity index (χ1n) is 5.25. The van der Waals surface area contributed by atoms with E-state index in [4.69, 9.17) is 4.74 Å². The molecular weight excluding hydrogens is 276 g/mol. The fourth-order valence-corrected chi connectivity index (χ4v) is 3.49. The van der Waals surface area contributed by atoms with Crippen molar-refractivity contribution in [3.05, 3.63) is 20.8 Å². The highest BCUT2D eigenvalue weighted by Crippen LogP contribution is 2.28. The molecule has 2 rings (SSSR count). The van der Waals surface area contributed by atoms with Crippen LogP contribution in [-0.2, 0) is 11.2 Å². The third-order valence-electron chi connectivity index (χ3n) is 2.90. The van der Waals surface area contributed by atoms with Crippen LogP contribution in [0.1, 0.15) is 17.7 Å². The van der Waals surface area contributed by atoms with Crippen LogP contribution in [0.4, 0.5) is 0 Å². The molecule has 1 N–H and O–H groups in total. The van der Waals surface area contributed by atoms with Gasteiger partial charge in [0.2, 0.25) is 0 Å². The normalized spacial score (nSPS) is 20.4. The molecule has 4 heteroatoms. The number of aliphatic hydroxyl groups is 1. The van der Waals surface area contributed by atoms with Gasteiger partial charge in [-0.25, -0.2) is 0 Å². The average Bonchev–Trinajstić information content (AvgIpc) is 2.66. The van der Waals surface area contributed by atoms with E-state index in [2.05, 4.69) is 21.3 Å². The van der Waals surface area contributed by atoms with E-state index < -0.39 is 0 Å². The van der Waals surface area contributed by atoms with E-state index in [1.807, 2.05) is 6.07 Å². The molecule has 1 atom stereocenters. The van der Waals surface area contributed by atoms with Gasteiger partial charge in [-0.3, -0.25) is 0 Å². The van der Waals surface area contributed by atoms with Gasteiger partial charge in [0.05, 0.1) is 6.10 Å². The van der Waals surface area contributed by atoms with Crippen LogP contribution >= 0.6 is 27.3 Å². The number of aliphatic hydroxyl groups excluding tert-OH is 1. The van der Waals surface area contributed by atoms with Gasteiger partial charge < -0.3 is 9.84 Å². The van der Waals surface area contributed by atoms with Crippen molar-refractivity contribution in [1.29, 1.82) is 0 Å². The summed E-state index contributed by atoms with van der Waals surface area (Å²) in [5.41, 5.74) is 0. The molecule has 0 aliphatic carbocycles. The predicted molar refractivity (Wildman–Crippen MR) is 65.3 cm³/mol. The summed E-state index contributed by atoms with van der Waals surface area (Å²) in [5, 5.41) is 12.2. The van der Waals surface area contributed by atoms with Crippen LogP contribution in [0, 0.1) is 5.92 Å². The van der Waals surface area contributed by atoms with E-state index in [1.165, 1.54) is 4.88 Å². The first-order chi connectivity index (χ1) is 7.27. The Hall–Kier alpha value is 0.1000. The molecule has 84 valence electrons. The van der Waals surface area contributed by atoms with Gasteiger partial charge in [0.15, 0.2) is 0 Å². The molecule has 0 spiro atoms. The molecular formula is C11H15BrO2S. The highest BCUT2D eigenvalue weighted by Gasteiger charge is 2.23. The minimum absolute atomic E-state index is 0.219. The second-order valence-electron chi connectivity index (χ2n) is 3.91. The lowest BCUT2D eigenvalue weighted by Gasteiger charge is -2.26. The second-order valence-corrected chi connectivity index (χ2v) is 5.77. The Kier molecular flexibility index (Phi) is 4.20. The van der Waals surface area contributed by atoms with E-state index in [1.54, 1.807) is 11.3 Å². The molecule has 0 bridgehead atoms. The van der Waals surface area contributed by atoms with Crippen molar-refractivity contribution in [3.63, 3.8) is 0 Å². The van der Waals surface area contributed by atoms with Crippen LogP contribution in [0.15, 0.2) is 15.9 Å². The number of hydrogen-bond donors (Lipinski definition) is 1. The lowest BCUT2D eigenvalue weighted by atomic mass is 9.92. The number of thiophene rings is 1. The maximum atomic E-state index is 10.1. The Bertz CT molecular complexity index is 307. The monoisotopic (exact) mass is 290 g/mol. The molecule has 1 aliphatic heterocycles. The summed E-state index contributed by atoms with van der Waals surface area (Å²) in [7, 11) is 0. The standard InChI is InChI=1S/C11H15BrO2S/c12-9-3-6-15-11(9)7-10(13)8-1-4-14-5-2-8/h3,6,8,10,13H,1-2,4-5,7H2. The maximum Gasteiger partial charge on any atom is 0.0618 e. The molecule has 15 heavy (non-hydrogen) atoms. The SMILES string of the molecule is OC(Cc1sccc1Br)C1CCOCC1. The summed E-state index contributed by atoms with van der Waals surface area (Å²) in [6.07, 6.45) is 2.53. The molecule has 0 amide bonds. The van der Waals surface area contributed by atoms with Crippen molar-refractivity contribution >= 4 is 27.3 Å². The summed E-state index contributed by atoms with van der Waals surface area (Å²) >= 11 is 5.20. The molecule has 0 radical (unpaired) electrons. The Morgan fingerprint density at radius 1 is 1.53 bits per heavy atom. The third kappa shape index (κ3) is 3.03. The molecule has 2 heterocycles. The third-order valence-corrected chi connectivity index (χ3v) is 4.84. The molecule has 1 aromatic rings. The minimum Gasteiger partial charge on any atom is -0.392 e. The molecule has 0 saturated carbocycles. The molecule has 1 aliphatic rings. The molecule has 1 saturated heterocycles.